The molecule has 0 atom stereocenters. The Bertz CT molecular complexity index is 1040. The van der Waals surface area contributed by atoms with Crippen LogP contribution in [-0.4, -0.2) is 31.8 Å². The molecule has 0 spiro atoms. The van der Waals surface area contributed by atoms with Crippen LogP contribution in [0.15, 0.2) is 48.5 Å². The van der Waals surface area contributed by atoms with E-state index in [1.165, 1.54) is 7.11 Å². The highest BCUT2D eigenvalue weighted by Crippen LogP contribution is 2.35. The number of phenols is 1. The van der Waals surface area contributed by atoms with Gasteiger partial charge in [0.2, 0.25) is 0 Å². The number of fused-ring (bicyclic) bond motifs is 2. The van der Waals surface area contributed by atoms with Crippen LogP contribution in [0.25, 0.3) is 10.8 Å². The molecule has 3 aromatic rings. The van der Waals surface area contributed by atoms with E-state index in [1.54, 1.807) is 19.2 Å². The second kappa shape index (κ2) is 7.43. The van der Waals surface area contributed by atoms with Crippen molar-refractivity contribution in [3.63, 3.8) is 0 Å². The third-order valence-electron chi connectivity index (χ3n) is 5.38. The van der Waals surface area contributed by atoms with Crippen LogP contribution in [0.5, 0.6) is 11.5 Å². The third-order valence-corrected chi connectivity index (χ3v) is 5.38. The highest BCUT2D eigenvalue weighted by molar-refractivity contribution is 5.91. The Balaban J connectivity index is 1.73. The minimum atomic E-state index is -0.321. The van der Waals surface area contributed by atoms with Gasteiger partial charge in [-0.25, -0.2) is 4.79 Å². The number of rotatable bonds is 4. The van der Waals surface area contributed by atoms with Gasteiger partial charge < -0.3 is 19.5 Å². The smallest absolute Gasteiger partial charge is 0.337 e. The molecule has 1 heterocycles. The van der Waals surface area contributed by atoms with Crippen LogP contribution in [0.1, 0.15) is 27.9 Å². The van der Waals surface area contributed by atoms with E-state index < -0.39 is 0 Å². The van der Waals surface area contributed by atoms with Crippen LogP contribution in [0.4, 0.5) is 5.69 Å². The fourth-order valence-electron chi connectivity index (χ4n) is 3.92. The molecule has 4 rings (SSSR count). The molecule has 0 radical (unpaired) electrons. The van der Waals surface area contributed by atoms with Crippen LogP contribution in [0, 0.1) is 0 Å². The number of aryl methyl sites for hydroxylation is 1. The summed E-state index contributed by atoms with van der Waals surface area (Å²) in [5.74, 6) is 0.721. The summed E-state index contributed by atoms with van der Waals surface area (Å²) in [6, 6.07) is 15.3. The molecule has 0 unspecified atom stereocenters. The van der Waals surface area contributed by atoms with E-state index in [-0.39, 0.29) is 11.7 Å². The molecule has 0 saturated carbocycles. The normalized spacial score (nSPS) is 13.3. The van der Waals surface area contributed by atoms with Crippen LogP contribution < -0.4 is 9.64 Å². The SMILES string of the molecule is COC(=O)c1ccc2c(c1)CCCN2Cc1c(O)ccc2ccc(OC)cc12. The Kier molecular flexibility index (Phi) is 4.82. The van der Waals surface area contributed by atoms with Gasteiger partial charge in [-0.05, 0) is 65.6 Å². The zero-order valence-corrected chi connectivity index (χ0v) is 16.1. The number of phenolic OH excluding ortho intramolecular Hbond substituents is 1. The number of ether oxygens (including phenoxy) is 2. The van der Waals surface area contributed by atoms with Gasteiger partial charge >= 0.3 is 5.97 Å². The summed E-state index contributed by atoms with van der Waals surface area (Å²) in [5, 5.41) is 12.6. The number of anilines is 1. The molecule has 1 aliphatic heterocycles. The molecule has 1 aliphatic rings. The van der Waals surface area contributed by atoms with Crippen molar-refractivity contribution < 1.29 is 19.4 Å². The van der Waals surface area contributed by atoms with Crippen molar-refractivity contribution in [2.24, 2.45) is 0 Å². The first-order valence-electron chi connectivity index (χ1n) is 9.35. The van der Waals surface area contributed by atoms with E-state index in [0.29, 0.717) is 12.1 Å². The van der Waals surface area contributed by atoms with E-state index in [0.717, 1.165) is 52.7 Å². The van der Waals surface area contributed by atoms with Crippen molar-refractivity contribution in [3.05, 3.63) is 65.2 Å². The molecule has 0 aromatic heterocycles. The number of nitrogens with zero attached hydrogens (tertiary/aromatic N) is 1. The fourth-order valence-corrected chi connectivity index (χ4v) is 3.92. The molecule has 5 nitrogen and oxygen atoms in total. The second-order valence-corrected chi connectivity index (χ2v) is 7.01. The molecule has 5 heteroatoms. The van der Waals surface area contributed by atoms with E-state index in [2.05, 4.69) is 4.90 Å². The number of carbonyl (C=O) groups is 1. The first-order valence-corrected chi connectivity index (χ1v) is 9.35. The van der Waals surface area contributed by atoms with Gasteiger partial charge in [-0.2, -0.15) is 0 Å². The van der Waals surface area contributed by atoms with E-state index in [1.807, 2.05) is 36.4 Å². The summed E-state index contributed by atoms with van der Waals surface area (Å²) in [6.45, 7) is 1.48. The van der Waals surface area contributed by atoms with Crippen molar-refractivity contribution in [1.82, 2.24) is 0 Å². The molecule has 144 valence electrons. The molecule has 0 bridgehead atoms. The van der Waals surface area contributed by atoms with Crippen LogP contribution in [0.3, 0.4) is 0 Å². The standard InChI is InChI=1S/C23H23NO4/c1-27-18-8-5-15-7-10-22(25)20(19(15)13-18)14-24-11-3-4-16-12-17(23(26)28-2)6-9-21(16)24/h5-10,12-13,25H,3-4,11,14H2,1-2H3. The summed E-state index contributed by atoms with van der Waals surface area (Å²) in [7, 11) is 3.04. The number of benzene rings is 3. The lowest BCUT2D eigenvalue weighted by atomic mass is 9.97. The topological polar surface area (TPSA) is 59.0 Å². The van der Waals surface area contributed by atoms with Gasteiger partial charge in [-0.1, -0.05) is 12.1 Å². The zero-order valence-electron chi connectivity index (χ0n) is 16.1. The Hall–Kier alpha value is -3.21. The van der Waals surface area contributed by atoms with Crippen molar-refractivity contribution in [3.8, 4) is 11.5 Å². The molecule has 3 aromatic carbocycles. The molecule has 0 fully saturated rings. The first-order chi connectivity index (χ1) is 13.6. The minimum absolute atomic E-state index is 0.277. The van der Waals surface area contributed by atoms with Gasteiger partial charge in [0.15, 0.2) is 0 Å². The molecule has 0 aliphatic carbocycles. The van der Waals surface area contributed by atoms with Crippen molar-refractivity contribution >= 4 is 22.4 Å². The Morgan fingerprint density at radius 2 is 1.93 bits per heavy atom. The number of methoxy groups -OCH3 is 2. The fraction of sp³-hybridized carbons (Fsp3) is 0.261. The number of hydrogen-bond donors (Lipinski definition) is 1. The molecule has 1 N–H and O–H groups in total. The molecular formula is C23H23NO4. The number of aromatic hydroxyl groups is 1. The maximum Gasteiger partial charge on any atom is 0.337 e. The average molecular weight is 377 g/mol. The average Bonchev–Trinajstić information content (AvgIpc) is 2.74. The lowest BCUT2D eigenvalue weighted by Gasteiger charge is -2.32. The summed E-state index contributed by atoms with van der Waals surface area (Å²) in [6.07, 6.45) is 1.92. The molecule has 0 amide bonds. The van der Waals surface area contributed by atoms with Gasteiger partial charge in [0.25, 0.3) is 0 Å². The molecular weight excluding hydrogens is 354 g/mol. The summed E-state index contributed by atoms with van der Waals surface area (Å²) >= 11 is 0. The molecule has 28 heavy (non-hydrogen) atoms. The summed E-state index contributed by atoms with van der Waals surface area (Å²) < 4.78 is 10.2. The largest absolute Gasteiger partial charge is 0.508 e. The van der Waals surface area contributed by atoms with Crippen molar-refractivity contribution in [2.45, 2.75) is 19.4 Å². The maximum atomic E-state index is 11.8. The van der Waals surface area contributed by atoms with Crippen LogP contribution >= 0.6 is 0 Å². The van der Waals surface area contributed by atoms with Crippen molar-refractivity contribution in [2.75, 3.05) is 25.7 Å². The van der Waals surface area contributed by atoms with Gasteiger partial charge in [0, 0.05) is 24.3 Å². The van der Waals surface area contributed by atoms with E-state index in [9.17, 15) is 9.90 Å². The lowest BCUT2D eigenvalue weighted by molar-refractivity contribution is 0.0600. The van der Waals surface area contributed by atoms with Gasteiger partial charge in [-0.3, -0.25) is 0 Å². The van der Waals surface area contributed by atoms with Gasteiger partial charge in [-0.15, -0.1) is 0 Å². The predicted octanol–water partition coefficient (Wildman–Crippen LogP) is 4.29. The quantitative estimate of drug-likeness (QED) is 0.687. The number of carbonyl (C=O) groups excluding carboxylic acids is 1. The van der Waals surface area contributed by atoms with Crippen LogP contribution in [-0.2, 0) is 17.7 Å². The summed E-state index contributed by atoms with van der Waals surface area (Å²) in [4.78, 5) is 14.1. The minimum Gasteiger partial charge on any atom is -0.508 e. The second-order valence-electron chi connectivity index (χ2n) is 7.01. The van der Waals surface area contributed by atoms with Crippen LogP contribution in [0.2, 0.25) is 0 Å². The number of hydrogen-bond acceptors (Lipinski definition) is 5. The number of esters is 1. The van der Waals surface area contributed by atoms with E-state index >= 15 is 0 Å². The maximum absolute atomic E-state index is 11.8. The Labute approximate surface area is 164 Å². The Morgan fingerprint density at radius 1 is 1.11 bits per heavy atom. The van der Waals surface area contributed by atoms with Crippen molar-refractivity contribution in [1.29, 1.82) is 0 Å². The monoisotopic (exact) mass is 377 g/mol. The predicted molar refractivity (Wildman–Crippen MR) is 109 cm³/mol. The first kappa shape index (κ1) is 18.2. The van der Waals surface area contributed by atoms with Gasteiger partial charge in [0.05, 0.1) is 19.8 Å². The lowest BCUT2D eigenvalue weighted by Crippen LogP contribution is -2.29. The van der Waals surface area contributed by atoms with Gasteiger partial charge in [0.1, 0.15) is 11.5 Å². The highest BCUT2D eigenvalue weighted by Gasteiger charge is 2.21. The summed E-state index contributed by atoms with van der Waals surface area (Å²) in [5.41, 5.74) is 3.67. The Morgan fingerprint density at radius 3 is 2.71 bits per heavy atom. The van der Waals surface area contributed by atoms with E-state index in [4.69, 9.17) is 9.47 Å². The highest BCUT2D eigenvalue weighted by atomic mass is 16.5. The zero-order chi connectivity index (χ0) is 19.7. The molecule has 0 saturated heterocycles. The third kappa shape index (κ3) is 3.24.